The van der Waals surface area contributed by atoms with Gasteiger partial charge in [-0.15, -0.1) is 0 Å². The third kappa shape index (κ3) is 3.97. The maximum atomic E-state index is 6.23. The average molecular weight is 317 g/mol. The Morgan fingerprint density at radius 3 is 2.82 bits per heavy atom. The van der Waals surface area contributed by atoms with Gasteiger partial charge in [-0.05, 0) is 55.8 Å². The van der Waals surface area contributed by atoms with Crippen molar-refractivity contribution < 1.29 is 0 Å². The van der Waals surface area contributed by atoms with E-state index < -0.39 is 0 Å². The second kappa shape index (κ2) is 6.21. The third-order valence-electron chi connectivity index (χ3n) is 3.40. The molecule has 0 aliphatic heterocycles. The Morgan fingerprint density at radius 2 is 2.24 bits per heavy atom. The van der Waals surface area contributed by atoms with Gasteiger partial charge in [-0.3, -0.25) is 0 Å². The Balaban J connectivity index is 1.91. The summed E-state index contributed by atoms with van der Waals surface area (Å²) in [5.41, 5.74) is 1.26. The van der Waals surface area contributed by atoms with E-state index in [2.05, 4.69) is 40.3 Å². The van der Waals surface area contributed by atoms with Crippen molar-refractivity contribution in [3.8, 4) is 0 Å². The van der Waals surface area contributed by atoms with Crippen LogP contribution < -0.4 is 5.32 Å². The molecule has 0 amide bonds. The predicted octanol–water partition coefficient (Wildman–Crippen LogP) is 4.42. The second-order valence-electron chi connectivity index (χ2n) is 4.78. The molecule has 0 aromatic heterocycles. The van der Waals surface area contributed by atoms with Gasteiger partial charge in [-0.2, -0.15) is 0 Å². The normalized spacial score (nSPS) is 17.1. The summed E-state index contributed by atoms with van der Waals surface area (Å²) in [6.45, 7) is 3.25. The summed E-state index contributed by atoms with van der Waals surface area (Å²) in [6, 6.07) is 6.86. The number of nitrogens with one attached hydrogen (secondary N) is 1. The van der Waals surface area contributed by atoms with Gasteiger partial charge in [0.1, 0.15) is 0 Å². The minimum atomic E-state index is 0.680. The molecular formula is C14H19BrClN. The highest BCUT2D eigenvalue weighted by Gasteiger charge is 2.30. The molecule has 1 aliphatic rings. The van der Waals surface area contributed by atoms with Gasteiger partial charge in [0.25, 0.3) is 0 Å². The molecule has 2 rings (SSSR count). The predicted molar refractivity (Wildman–Crippen MR) is 77.7 cm³/mol. The SMILES string of the molecule is CCNC(CCc1ccc(Br)cc1Cl)C1CC1. The van der Waals surface area contributed by atoms with Crippen molar-refractivity contribution in [1.29, 1.82) is 0 Å². The standard InChI is InChI=1S/C14H19BrClN/c1-2-17-14(11-3-4-11)8-6-10-5-7-12(15)9-13(10)16/h5,7,9,11,14,17H,2-4,6,8H2,1H3. The fourth-order valence-corrected chi connectivity index (χ4v) is 3.07. The average Bonchev–Trinajstić information content (AvgIpc) is 3.10. The van der Waals surface area contributed by atoms with Crippen molar-refractivity contribution in [2.45, 2.75) is 38.6 Å². The van der Waals surface area contributed by atoms with Gasteiger partial charge in [0.15, 0.2) is 0 Å². The van der Waals surface area contributed by atoms with Crippen LogP contribution in [-0.2, 0) is 6.42 Å². The minimum absolute atomic E-state index is 0.680. The van der Waals surface area contributed by atoms with Crippen LogP contribution >= 0.6 is 27.5 Å². The van der Waals surface area contributed by atoms with Gasteiger partial charge in [0.05, 0.1) is 0 Å². The Labute approximate surface area is 117 Å². The number of hydrogen-bond acceptors (Lipinski definition) is 1. The van der Waals surface area contributed by atoms with Gasteiger partial charge >= 0.3 is 0 Å². The van der Waals surface area contributed by atoms with E-state index in [4.69, 9.17) is 11.6 Å². The lowest BCUT2D eigenvalue weighted by Crippen LogP contribution is -2.31. The van der Waals surface area contributed by atoms with Crippen molar-refractivity contribution in [3.63, 3.8) is 0 Å². The van der Waals surface area contributed by atoms with E-state index >= 15 is 0 Å². The zero-order chi connectivity index (χ0) is 12.3. The summed E-state index contributed by atoms with van der Waals surface area (Å²) in [6.07, 6.45) is 5.05. The van der Waals surface area contributed by atoms with Crippen molar-refractivity contribution in [2.24, 2.45) is 5.92 Å². The lowest BCUT2D eigenvalue weighted by Gasteiger charge is -2.17. The van der Waals surface area contributed by atoms with Gasteiger partial charge in [0.2, 0.25) is 0 Å². The molecule has 1 N–H and O–H groups in total. The van der Waals surface area contributed by atoms with Crippen LogP contribution in [0.5, 0.6) is 0 Å². The number of benzene rings is 1. The molecule has 3 heteroatoms. The van der Waals surface area contributed by atoms with Crippen molar-refractivity contribution >= 4 is 27.5 Å². The number of hydrogen-bond donors (Lipinski definition) is 1. The van der Waals surface area contributed by atoms with Crippen LogP contribution in [0, 0.1) is 5.92 Å². The Morgan fingerprint density at radius 1 is 1.47 bits per heavy atom. The number of aryl methyl sites for hydroxylation is 1. The van der Waals surface area contributed by atoms with E-state index in [1.54, 1.807) is 0 Å². The highest BCUT2D eigenvalue weighted by molar-refractivity contribution is 9.10. The van der Waals surface area contributed by atoms with Crippen LogP contribution in [0.15, 0.2) is 22.7 Å². The monoisotopic (exact) mass is 315 g/mol. The minimum Gasteiger partial charge on any atom is -0.314 e. The van der Waals surface area contributed by atoms with Gasteiger partial charge < -0.3 is 5.32 Å². The van der Waals surface area contributed by atoms with Gasteiger partial charge in [-0.1, -0.05) is 40.5 Å². The molecule has 94 valence electrons. The molecule has 1 fully saturated rings. The molecule has 17 heavy (non-hydrogen) atoms. The maximum absolute atomic E-state index is 6.23. The Kier molecular flexibility index (Phi) is 4.89. The molecule has 1 aromatic rings. The first kappa shape index (κ1) is 13.4. The number of halogens is 2. The molecule has 1 atom stereocenters. The molecule has 0 radical (unpaired) electrons. The largest absolute Gasteiger partial charge is 0.314 e. The zero-order valence-electron chi connectivity index (χ0n) is 10.2. The summed E-state index contributed by atoms with van der Waals surface area (Å²) in [5.74, 6) is 0.907. The highest BCUT2D eigenvalue weighted by atomic mass is 79.9. The summed E-state index contributed by atoms with van der Waals surface area (Å²) in [5, 5.41) is 4.47. The molecular weight excluding hydrogens is 298 g/mol. The van der Waals surface area contributed by atoms with Crippen LogP contribution in [0.25, 0.3) is 0 Å². The van der Waals surface area contributed by atoms with Gasteiger partial charge in [0, 0.05) is 15.5 Å². The van der Waals surface area contributed by atoms with Crippen molar-refractivity contribution in [1.82, 2.24) is 5.32 Å². The first-order chi connectivity index (χ1) is 8.20. The summed E-state index contributed by atoms with van der Waals surface area (Å²) >= 11 is 9.67. The third-order valence-corrected chi connectivity index (χ3v) is 4.24. The maximum Gasteiger partial charge on any atom is 0.0449 e. The molecule has 1 saturated carbocycles. The van der Waals surface area contributed by atoms with Crippen molar-refractivity contribution in [2.75, 3.05) is 6.54 Å². The summed E-state index contributed by atoms with van der Waals surface area (Å²) < 4.78 is 1.05. The first-order valence-electron chi connectivity index (χ1n) is 6.38. The van der Waals surface area contributed by atoms with E-state index in [1.807, 2.05) is 6.07 Å². The van der Waals surface area contributed by atoms with Crippen LogP contribution in [0.2, 0.25) is 5.02 Å². The fourth-order valence-electron chi connectivity index (χ4n) is 2.30. The first-order valence-corrected chi connectivity index (χ1v) is 7.55. The Bertz CT molecular complexity index is 376. The highest BCUT2D eigenvalue weighted by Crippen LogP contribution is 2.35. The van der Waals surface area contributed by atoms with Crippen LogP contribution in [0.1, 0.15) is 31.7 Å². The lowest BCUT2D eigenvalue weighted by molar-refractivity contribution is 0.446. The van der Waals surface area contributed by atoms with Crippen LogP contribution in [0.4, 0.5) is 0 Å². The van der Waals surface area contributed by atoms with Crippen LogP contribution in [-0.4, -0.2) is 12.6 Å². The fraction of sp³-hybridized carbons (Fsp3) is 0.571. The molecule has 0 heterocycles. The van der Waals surface area contributed by atoms with Gasteiger partial charge in [-0.25, -0.2) is 0 Å². The molecule has 0 spiro atoms. The number of rotatable bonds is 6. The van der Waals surface area contributed by atoms with E-state index in [-0.39, 0.29) is 0 Å². The molecule has 1 aromatic carbocycles. The molecule has 0 saturated heterocycles. The Hall–Kier alpha value is -0.0500. The van der Waals surface area contributed by atoms with E-state index in [9.17, 15) is 0 Å². The molecule has 1 nitrogen and oxygen atoms in total. The van der Waals surface area contributed by atoms with E-state index in [1.165, 1.54) is 24.8 Å². The van der Waals surface area contributed by atoms with Crippen LogP contribution in [0.3, 0.4) is 0 Å². The zero-order valence-corrected chi connectivity index (χ0v) is 12.5. The summed E-state index contributed by atoms with van der Waals surface area (Å²) in [4.78, 5) is 0. The molecule has 0 bridgehead atoms. The van der Waals surface area contributed by atoms with Crippen molar-refractivity contribution in [3.05, 3.63) is 33.3 Å². The summed E-state index contributed by atoms with van der Waals surface area (Å²) in [7, 11) is 0. The quantitative estimate of drug-likeness (QED) is 0.819. The smallest absolute Gasteiger partial charge is 0.0449 e. The molecule has 1 aliphatic carbocycles. The lowest BCUT2D eigenvalue weighted by atomic mass is 10.0. The second-order valence-corrected chi connectivity index (χ2v) is 6.10. The van der Waals surface area contributed by atoms with E-state index in [0.29, 0.717) is 6.04 Å². The van der Waals surface area contributed by atoms with E-state index in [0.717, 1.165) is 28.4 Å². The topological polar surface area (TPSA) is 12.0 Å². The molecule has 1 unspecified atom stereocenters.